The number of ether oxygens (including phenoxy) is 1. The molecule has 0 aliphatic carbocycles. The minimum Gasteiger partial charge on any atom is -0.435 e. The second-order valence-corrected chi connectivity index (χ2v) is 4.66. The Hall–Kier alpha value is -1.32. The molecule has 0 saturated carbocycles. The Morgan fingerprint density at radius 1 is 1.24 bits per heavy atom. The molecule has 0 heterocycles. The molecule has 0 amide bonds. The van der Waals surface area contributed by atoms with E-state index in [1.165, 1.54) is 12.1 Å². The van der Waals surface area contributed by atoms with Gasteiger partial charge in [-0.05, 0) is 44.5 Å². The predicted molar refractivity (Wildman–Crippen MR) is 65.7 cm³/mol. The lowest BCUT2D eigenvalue weighted by molar-refractivity contribution is -0.0498. The standard InChI is InChI=1S/C13H19F2NO/c1-4-9-13(2,3)16-10-5-7-11(8-6-10)17-12(14)15/h5-8,12,16H,4,9H2,1-3H3. The third-order valence-corrected chi connectivity index (χ3v) is 2.44. The number of nitrogens with one attached hydrogen (secondary N) is 1. The average molecular weight is 243 g/mol. The van der Waals surface area contributed by atoms with Crippen molar-refractivity contribution in [2.24, 2.45) is 0 Å². The summed E-state index contributed by atoms with van der Waals surface area (Å²) in [5.74, 6) is 0.179. The number of alkyl halides is 2. The van der Waals surface area contributed by atoms with E-state index in [4.69, 9.17) is 0 Å². The molecule has 0 aromatic heterocycles. The molecule has 1 aromatic carbocycles. The first-order valence-corrected chi connectivity index (χ1v) is 5.76. The van der Waals surface area contributed by atoms with Crippen LogP contribution in [0.15, 0.2) is 24.3 Å². The fourth-order valence-corrected chi connectivity index (χ4v) is 1.80. The minimum absolute atomic E-state index is 0.000160. The summed E-state index contributed by atoms with van der Waals surface area (Å²) in [6.45, 7) is 3.58. The van der Waals surface area contributed by atoms with Crippen LogP contribution < -0.4 is 10.1 Å². The van der Waals surface area contributed by atoms with Crippen molar-refractivity contribution in [3.8, 4) is 5.75 Å². The minimum atomic E-state index is -2.77. The highest BCUT2D eigenvalue weighted by molar-refractivity contribution is 5.48. The highest BCUT2D eigenvalue weighted by Crippen LogP contribution is 2.22. The van der Waals surface area contributed by atoms with E-state index in [9.17, 15) is 8.78 Å². The number of halogens is 2. The van der Waals surface area contributed by atoms with Crippen LogP contribution in [0.2, 0.25) is 0 Å². The van der Waals surface area contributed by atoms with Gasteiger partial charge in [0.2, 0.25) is 0 Å². The van der Waals surface area contributed by atoms with Crippen molar-refractivity contribution in [3.63, 3.8) is 0 Å². The van der Waals surface area contributed by atoms with Gasteiger partial charge in [0.25, 0.3) is 0 Å². The Kier molecular flexibility index (Phi) is 4.73. The van der Waals surface area contributed by atoms with Gasteiger partial charge in [0.15, 0.2) is 0 Å². The second kappa shape index (κ2) is 5.84. The third-order valence-electron chi connectivity index (χ3n) is 2.44. The van der Waals surface area contributed by atoms with E-state index in [-0.39, 0.29) is 11.3 Å². The summed E-state index contributed by atoms with van der Waals surface area (Å²) in [6.07, 6.45) is 2.13. The van der Waals surface area contributed by atoms with Crippen LogP contribution in [-0.4, -0.2) is 12.2 Å². The van der Waals surface area contributed by atoms with Gasteiger partial charge in [-0.25, -0.2) is 0 Å². The molecule has 2 nitrogen and oxygen atoms in total. The quantitative estimate of drug-likeness (QED) is 0.805. The second-order valence-electron chi connectivity index (χ2n) is 4.66. The van der Waals surface area contributed by atoms with Crippen molar-refractivity contribution in [1.29, 1.82) is 0 Å². The van der Waals surface area contributed by atoms with E-state index < -0.39 is 6.61 Å². The zero-order chi connectivity index (χ0) is 12.9. The largest absolute Gasteiger partial charge is 0.435 e. The van der Waals surface area contributed by atoms with Gasteiger partial charge in [-0.15, -0.1) is 0 Å². The maximum absolute atomic E-state index is 12.0. The molecule has 1 rings (SSSR count). The van der Waals surface area contributed by atoms with E-state index in [1.54, 1.807) is 12.1 Å². The zero-order valence-electron chi connectivity index (χ0n) is 10.5. The molecule has 0 aliphatic heterocycles. The van der Waals surface area contributed by atoms with Crippen LogP contribution in [0.4, 0.5) is 14.5 Å². The Balaban J connectivity index is 2.62. The summed E-state index contributed by atoms with van der Waals surface area (Å²) >= 11 is 0. The van der Waals surface area contributed by atoms with Crippen molar-refractivity contribution in [1.82, 2.24) is 0 Å². The molecule has 0 radical (unpaired) electrons. The molecule has 0 bridgehead atoms. The lowest BCUT2D eigenvalue weighted by atomic mass is 9.98. The first-order chi connectivity index (χ1) is 7.93. The topological polar surface area (TPSA) is 21.3 Å². The van der Waals surface area contributed by atoms with Crippen molar-refractivity contribution in [2.45, 2.75) is 45.8 Å². The Bertz CT molecular complexity index is 336. The number of hydrogen-bond donors (Lipinski definition) is 1. The summed E-state index contributed by atoms with van der Waals surface area (Å²) in [6, 6.07) is 6.57. The highest BCUT2D eigenvalue weighted by atomic mass is 19.3. The molecule has 0 unspecified atom stereocenters. The third kappa shape index (κ3) is 5.02. The fraction of sp³-hybridized carbons (Fsp3) is 0.538. The van der Waals surface area contributed by atoms with E-state index in [1.807, 2.05) is 0 Å². The number of rotatable bonds is 6. The molecule has 17 heavy (non-hydrogen) atoms. The van der Waals surface area contributed by atoms with Crippen molar-refractivity contribution in [3.05, 3.63) is 24.3 Å². The van der Waals surface area contributed by atoms with Crippen LogP contribution in [0.5, 0.6) is 5.75 Å². The van der Waals surface area contributed by atoms with Crippen molar-refractivity contribution in [2.75, 3.05) is 5.32 Å². The van der Waals surface area contributed by atoms with Gasteiger partial charge in [-0.2, -0.15) is 8.78 Å². The molecule has 0 saturated heterocycles. The molecular weight excluding hydrogens is 224 g/mol. The van der Waals surface area contributed by atoms with Gasteiger partial charge in [-0.3, -0.25) is 0 Å². The lowest BCUT2D eigenvalue weighted by Crippen LogP contribution is -2.30. The smallest absolute Gasteiger partial charge is 0.387 e. The summed E-state index contributed by atoms with van der Waals surface area (Å²) in [7, 11) is 0. The van der Waals surface area contributed by atoms with Crippen LogP contribution in [0.1, 0.15) is 33.6 Å². The SMILES string of the molecule is CCCC(C)(C)Nc1ccc(OC(F)F)cc1. The summed E-state index contributed by atoms with van der Waals surface area (Å²) < 4.78 is 28.2. The van der Waals surface area contributed by atoms with Crippen LogP contribution >= 0.6 is 0 Å². The monoisotopic (exact) mass is 243 g/mol. The van der Waals surface area contributed by atoms with Gasteiger partial charge in [0.1, 0.15) is 5.75 Å². The van der Waals surface area contributed by atoms with E-state index in [0.29, 0.717) is 0 Å². The maximum Gasteiger partial charge on any atom is 0.387 e. The molecule has 4 heteroatoms. The maximum atomic E-state index is 12.0. The molecule has 0 atom stereocenters. The molecule has 0 spiro atoms. The molecule has 1 aromatic rings. The summed E-state index contributed by atoms with van der Waals surface area (Å²) in [4.78, 5) is 0. The van der Waals surface area contributed by atoms with Gasteiger partial charge in [-0.1, -0.05) is 13.3 Å². The molecule has 0 fully saturated rings. The molecular formula is C13H19F2NO. The Labute approximate surface area is 101 Å². The summed E-state index contributed by atoms with van der Waals surface area (Å²) in [5, 5.41) is 3.36. The molecule has 1 N–H and O–H groups in total. The van der Waals surface area contributed by atoms with Crippen LogP contribution in [0.3, 0.4) is 0 Å². The van der Waals surface area contributed by atoms with Gasteiger partial charge in [0.05, 0.1) is 0 Å². The molecule has 96 valence electrons. The number of anilines is 1. The zero-order valence-corrected chi connectivity index (χ0v) is 10.5. The van der Waals surface area contributed by atoms with Crippen molar-refractivity contribution < 1.29 is 13.5 Å². The van der Waals surface area contributed by atoms with Gasteiger partial charge in [0, 0.05) is 11.2 Å². The number of hydrogen-bond acceptors (Lipinski definition) is 2. The fourth-order valence-electron chi connectivity index (χ4n) is 1.80. The van der Waals surface area contributed by atoms with Gasteiger partial charge < -0.3 is 10.1 Å². The Morgan fingerprint density at radius 2 is 1.82 bits per heavy atom. The molecule has 0 aliphatic rings. The van der Waals surface area contributed by atoms with E-state index in [0.717, 1.165) is 18.5 Å². The first kappa shape index (κ1) is 13.7. The highest BCUT2D eigenvalue weighted by Gasteiger charge is 2.15. The average Bonchev–Trinajstić information content (AvgIpc) is 2.19. The van der Waals surface area contributed by atoms with Crippen LogP contribution in [-0.2, 0) is 0 Å². The summed E-state index contributed by atoms with van der Waals surface area (Å²) in [5.41, 5.74) is 0.907. The lowest BCUT2D eigenvalue weighted by Gasteiger charge is -2.27. The normalized spacial score (nSPS) is 11.6. The first-order valence-electron chi connectivity index (χ1n) is 5.76. The van der Waals surface area contributed by atoms with Crippen LogP contribution in [0.25, 0.3) is 0 Å². The van der Waals surface area contributed by atoms with E-state index >= 15 is 0 Å². The Morgan fingerprint density at radius 3 is 2.29 bits per heavy atom. The van der Waals surface area contributed by atoms with Gasteiger partial charge >= 0.3 is 6.61 Å². The van der Waals surface area contributed by atoms with E-state index in [2.05, 4.69) is 30.8 Å². The predicted octanol–water partition coefficient (Wildman–Crippen LogP) is 4.28. The number of benzene rings is 1. The van der Waals surface area contributed by atoms with Crippen molar-refractivity contribution >= 4 is 5.69 Å². The van der Waals surface area contributed by atoms with Crippen LogP contribution in [0, 0.1) is 0 Å².